The maximum absolute atomic E-state index is 9.25. The molecule has 2 N–H and O–H groups in total. The average molecular weight is 222 g/mol. The number of hydrogen-bond donors (Lipinski definition) is 2. The molecular formula is C10H8ClN3O. The molecule has 0 aliphatic rings. The minimum Gasteiger partial charge on any atom is -0.508 e. The van der Waals surface area contributed by atoms with Crippen LogP contribution in [0.5, 0.6) is 5.75 Å². The molecule has 0 fully saturated rings. The lowest BCUT2D eigenvalue weighted by Gasteiger charge is -2.05. The molecule has 76 valence electrons. The van der Waals surface area contributed by atoms with Crippen LogP contribution in [0.1, 0.15) is 0 Å². The molecule has 4 nitrogen and oxygen atoms in total. The van der Waals surface area contributed by atoms with E-state index in [4.69, 9.17) is 11.6 Å². The Morgan fingerprint density at radius 3 is 2.87 bits per heavy atom. The van der Waals surface area contributed by atoms with Gasteiger partial charge >= 0.3 is 0 Å². The van der Waals surface area contributed by atoms with E-state index in [-0.39, 0.29) is 11.0 Å². The van der Waals surface area contributed by atoms with Crippen LogP contribution in [-0.4, -0.2) is 15.1 Å². The second-order valence-corrected chi connectivity index (χ2v) is 3.22. The van der Waals surface area contributed by atoms with E-state index in [2.05, 4.69) is 15.3 Å². The van der Waals surface area contributed by atoms with Gasteiger partial charge in [-0.1, -0.05) is 6.07 Å². The van der Waals surface area contributed by atoms with Crippen LogP contribution in [0.2, 0.25) is 5.28 Å². The Bertz CT molecular complexity index is 432. The first-order valence-electron chi connectivity index (χ1n) is 4.28. The van der Waals surface area contributed by atoms with Crippen LogP contribution >= 0.6 is 11.6 Å². The number of benzene rings is 1. The van der Waals surface area contributed by atoms with Gasteiger partial charge in [0, 0.05) is 18.0 Å². The van der Waals surface area contributed by atoms with Crippen molar-refractivity contribution in [2.45, 2.75) is 0 Å². The van der Waals surface area contributed by atoms with Gasteiger partial charge < -0.3 is 10.4 Å². The van der Waals surface area contributed by atoms with Crippen molar-refractivity contribution in [2.75, 3.05) is 5.32 Å². The van der Waals surface area contributed by atoms with E-state index in [1.807, 2.05) is 6.07 Å². The maximum Gasteiger partial charge on any atom is 0.224 e. The van der Waals surface area contributed by atoms with Crippen molar-refractivity contribution >= 4 is 23.1 Å². The lowest BCUT2D eigenvalue weighted by atomic mass is 10.3. The number of aromatic hydroxyl groups is 1. The summed E-state index contributed by atoms with van der Waals surface area (Å²) in [5.41, 5.74) is 0.741. The summed E-state index contributed by atoms with van der Waals surface area (Å²) in [4.78, 5) is 7.72. The molecule has 1 aromatic carbocycles. The Hall–Kier alpha value is -1.81. The Morgan fingerprint density at radius 1 is 1.27 bits per heavy atom. The Morgan fingerprint density at radius 2 is 2.13 bits per heavy atom. The molecule has 0 aliphatic heterocycles. The zero-order chi connectivity index (χ0) is 10.7. The molecular weight excluding hydrogens is 214 g/mol. The van der Waals surface area contributed by atoms with Crippen LogP contribution in [0.25, 0.3) is 0 Å². The summed E-state index contributed by atoms with van der Waals surface area (Å²) < 4.78 is 0. The summed E-state index contributed by atoms with van der Waals surface area (Å²) >= 11 is 5.63. The minimum atomic E-state index is 0.181. The van der Waals surface area contributed by atoms with Gasteiger partial charge in [-0.05, 0) is 29.8 Å². The van der Waals surface area contributed by atoms with Crippen molar-refractivity contribution in [1.82, 2.24) is 9.97 Å². The van der Waals surface area contributed by atoms with Gasteiger partial charge in [-0.25, -0.2) is 9.97 Å². The lowest BCUT2D eigenvalue weighted by Crippen LogP contribution is -1.93. The van der Waals surface area contributed by atoms with E-state index in [1.54, 1.807) is 30.5 Å². The first kappa shape index (κ1) is 9.73. The van der Waals surface area contributed by atoms with Crippen LogP contribution < -0.4 is 5.32 Å². The standard InChI is InChI=1S/C10H8ClN3O/c11-10-12-5-4-9(14-10)13-7-2-1-3-8(15)6-7/h1-6,15H,(H,12,13,14). The van der Waals surface area contributed by atoms with Gasteiger partial charge in [0.15, 0.2) is 0 Å². The molecule has 0 saturated heterocycles. The number of rotatable bonds is 2. The number of aromatic nitrogens is 2. The van der Waals surface area contributed by atoms with Gasteiger partial charge in [-0.2, -0.15) is 0 Å². The van der Waals surface area contributed by atoms with Crippen molar-refractivity contribution in [2.24, 2.45) is 0 Å². The van der Waals surface area contributed by atoms with Gasteiger partial charge in [0.25, 0.3) is 0 Å². The highest BCUT2D eigenvalue weighted by Crippen LogP contribution is 2.19. The number of halogens is 1. The monoisotopic (exact) mass is 221 g/mol. The second kappa shape index (κ2) is 4.14. The zero-order valence-corrected chi connectivity index (χ0v) is 8.44. The average Bonchev–Trinajstić information content (AvgIpc) is 2.17. The molecule has 2 rings (SSSR count). The fourth-order valence-corrected chi connectivity index (χ4v) is 1.28. The van der Waals surface area contributed by atoms with Crippen LogP contribution in [0.4, 0.5) is 11.5 Å². The second-order valence-electron chi connectivity index (χ2n) is 2.89. The quantitative estimate of drug-likeness (QED) is 0.766. The summed E-state index contributed by atoms with van der Waals surface area (Å²) in [6.07, 6.45) is 1.56. The molecule has 1 aromatic heterocycles. The third-order valence-corrected chi connectivity index (χ3v) is 1.93. The number of nitrogens with zero attached hydrogens (tertiary/aromatic N) is 2. The summed E-state index contributed by atoms with van der Waals surface area (Å²) in [5.74, 6) is 0.778. The normalized spacial score (nSPS) is 9.93. The molecule has 0 aliphatic carbocycles. The predicted octanol–water partition coefficient (Wildman–Crippen LogP) is 2.58. The highest BCUT2D eigenvalue weighted by atomic mass is 35.5. The molecule has 0 unspecified atom stereocenters. The molecule has 0 radical (unpaired) electrons. The van der Waals surface area contributed by atoms with Crippen molar-refractivity contribution in [3.8, 4) is 5.75 Å². The van der Waals surface area contributed by atoms with Crippen molar-refractivity contribution in [1.29, 1.82) is 0 Å². The van der Waals surface area contributed by atoms with E-state index in [1.165, 1.54) is 0 Å². The first-order chi connectivity index (χ1) is 7.24. The molecule has 1 heterocycles. The third-order valence-electron chi connectivity index (χ3n) is 1.74. The highest BCUT2D eigenvalue weighted by molar-refractivity contribution is 6.28. The van der Waals surface area contributed by atoms with E-state index in [9.17, 15) is 5.11 Å². The number of nitrogens with one attached hydrogen (secondary N) is 1. The minimum absolute atomic E-state index is 0.181. The first-order valence-corrected chi connectivity index (χ1v) is 4.66. The van der Waals surface area contributed by atoms with Crippen LogP contribution in [0, 0.1) is 0 Å². The number of anilines is 2. The largest absolute Gasteiger partial charge is 0.508 e. The topological polar surface area (TPSA) is 58.0 Å². The molecule has 15 heavy (non-hydrogen) atoms. The van der Waals surface area contributed by atoms with Crippen LogP contribution in [0.15, 0.2) is 36.5 Å². The maximum atomic E-state index is 9.25. The zero-order valence-electron chi connectivity index (χ0n) is 7.68. The third kappa shape index (κ3) is 2.57. The van der Waals surface area contributed by atoms with Gasteiger partial charge in [-0.15, -0.1) is 0 Å². The fourth-order valence-electron chi connectivity index (χ4n) is 1.14. The van der Waals surface area contributed by atoms with Crippen molar-refractivity contribution < 1.29 is 5.11 Å². The number of phenolic OH excluding ortho intramolecular Hbond substituents is 1. The molecule has 0 amide bonds. The number of hydrogen-bond acceptors (Lipinski definition) is 4. The summed E-state index contributed by atoms with van der Waals surface area (Å²) in [6.45, 7) is 0. The molecule has 2 aromatic rings. The van der Waals surface area contributed by atoms with Crippen molar-refractivity contribution in [3.05, 3.63) is 41.8 Å². The Kier molecular flexibility index (Phi) is 2.69. The smallest absolute Gasteiger partial charge is 0.224 e. The van der Waals surface area contributed by atoms with E-state index < -0.39 is 0 Å². The molecule has 5 heteroatoms. The molecule has 0 atom stereocenters. The van der Waals surface area contributed by atoms with Gasteiger partial charge in [0.2, 0.25) is 5.28 Å². The summed E-state index contributed by atoms with van der Waals surface area (Å²) in [6, 6.07) is 8.43. The van der Waals surface area contributed by atoms with Crippen LogP contribution in [-0.2, 0) is 0 Å². The van der Waals surface area contributed by atoms with E-state index >= 15 is 0 Å². The number of phenols is 1. The summed E-state index contributed by atoms with van der Waals surface area (Å²) in [5, 5.41) is 12.4. The van der Waals surface area contributed by atoms with Gasteiger partial charge in [0.1, 0.15) is 11.6 Å². The molecule has 0 bridgehead atoms. The molecule has 0 spiro atoms. The Labute approximate surface area is 91.6 Å². The SMILES string of the molecule is Oc1cccc(Nc2ccnc(Cl)n2)c1. The van der Waals surface area contributed by atoms with Gasteiger partial charge in [0.05, 0.1) is 0 Å². The fraction of sp³-hybridized carbons (Fsp3) is 0. The van der Waals surface area contributed by atoms with E-state index in [0.717, 1.165) is 5.69 Å². The van der Waals surface area contributed by atoms with Gasteiger partial charge in [-0.3, -0.25) is 0 Å². The predicted molar refractivity (Wildman–Crippen MR) is 58.4 cm³/mol. The Balaban J connectivity index is 2.22. The molecule has 0 saturated carbocycles. The summed E-state index contributed by atoms with van der Waals surface area (Å²) in [7, 11) is 0. The van der Waals surface area contributed by atoms with E-state index in [0.29, 0.717) is 5.82 Å². The highest BCUT2D eigenvalue weighted by Gasteiger charge is 1.98. The van der Waals surface area contributed by atoms with Crippen LogP contribution in [0.3, 0.4) is 0 Å². The lowest BCUT2D eigenvalue weighted by molar-refractivity contribution is 0.475. The van der Waals surface area contributed by atoms with Crippen molar-refractivity contribution in [3.63, 3.8) is 0 Å².